The summed E-state index contributed by atoms with van der Waals surface area (Å²) in [5.41, 5.74) is 0.670. The minimum Gasteiger partial charge on any atom is -0.383 e. The monoisotopic (exact) mass is 240 g/mol. The van der Waals surface area contributed by atoms with Crippen LogP contribution >= 0.6 is 0 Å². The number of halogens is 1. The lowest BCUT2D eigenvalue weighted by Gasteiger charge is -2.23. The Balaban J connectivity index is 2.41. The highest BCUT2D eigenvalue weighted by molar-refractivity contribution is 5.47. The molecule has 96 valence electrons. The van der Waals surface area contributed by atoms with Crippen molar-refractivity contribution in [3.63, 3.8) is 0 Å². The van der Waals surface area contributed by atoms with E-state index in [9.17, 15) is 4.39 Å². The summed E-state index contributed by atoms with van der Waals surface area (Å²) in [6, 6.07) is 6.88. The van der Waals surface area contributed by atoms with Crippen LogP contribution in [-0.2, 0) is 4.74 Å². The zero-order valence-corrected chi connectivity index (χ0v) is 10.6. The number of para-hydroxylation sites is 1. The number of hydrogen-bond acceptors (Lipinski definition) is 3. The van der Waals surface area contributed by atoms with Crippen molar-refractivity contribution in [2.75, 3.05) is 44.8 Å². The van der Waals surface area contributed by atoms with Crippen LogP contribution in [-0.4, -0.2) is 39.9 Å². The molecule has 0 spiro atoms. The molecule has 0 saturated carbocycles. The van der Waals surface area contributed by atoms with Gasteiger partial charge in [-0.2, -0.15) is 0 Å². The Bertz CT molecular complexity index is 320. The summed E-state index contributed by atoms with van der Waals surface area (Å²) in [6.45, 7) is 5.97. The first-order chi connectivity index (χ1) is 8.29. The average molecular weight is 240 g/mol. The first-order valence-corrected chi connectivity index (χ1v) is 5.98. The molecule has 1 rings (SSSR count). The lowest BCUT2D eigenvalue weighted by Crippen LogP contribution is -2.33. The van der Waals surface area contributed by atoms with Gasteiger partial charge in [-0.3, -0.25) is 0 Å². The molecule has 3 nitrogen and oxygen atoms in total. The van der Waals surface area contributed by atoms with E-state index in [-0.39, 0.29) is 5.82 Å². The minimum atomic E-state index is -0.161. The molecule has 1 aromatic rings. The number of methoxy groups -OCH3 is 1. The zero-order valence-electron chi connectivity index (χ0n) is 10.6. The van der Waals surface area contributed by atoms with Gasteiger partial charge in [0, 0.05) is 33.3 Å². The Morgan fingerprint density at radius 3 is 2.71 bits per heavy atom. The molecule has 0 bridgehead atoms. The van der Waals surface area contributed by atoms with Gasteiger partial charge in [-0.15, -0.1) is 0 Å². The summed E-state index contributed by atoms with van der Waals surface area (Å²) in [4.78, 5) is 2.02. The van der Waals surface area contributed by atoms with Crippen molar-refractivity contribution < 1.29 is 9.13 Å². The van der Waals surface area contributed by atoms with Crippen LogP contribution in [0.3, 0.4) is 0 Å². The molecule has 1 N–H and O–H groups in total. The van der Waals surface area contributed by atoms with Crippen molar-refractivity contribution in [3.05, 3.63) is 30.1 Å². The number of anilines is 1. The van der Waals surface area contributed by atoms with E-state index in [0.717, 1.165) is 26.2 Å². The van der Waals surface area contributed by atoms with Crippen molar-refractivity contribution in [1.82, 2.24) is 5.32 Å². The largest absolute Gasteiger partial charge is 0.383 e. The first-order valence-electron chi connectivity index (χ1n) is 5.98. The van der Waals surface area contributed by atoms with Crippen molar-refractivity contribution in [3.8, 4) is 0 Å². The number of hydrogen-bond donors (Lipinski definition) is 1. The van der Waals surface area contributed by atoms with Crippen LogP contribution in [0.5, 0.6) is 0 Å². The normalized spacial score (nSPS) is 10.5. The van der Waals surface area contributed by atoms with Gasteiger partial charge in [-0.05, 0) is 19.1 Å². The molecule has 0 saturated heterocycles. The maximum absolute atomic E-state index is 13.6. The van der Waals surface area contributed by atoms with Crippen LogP contribution in [0.25, 0.3) is 0 Å². The smallest absolute Gasteiger partial charge is 0.146 e. The highest BCUT2D eigenvalue weighted by atomic mass is 19.1. The van der Waals surface area contributed by atoms with Gasteiger partial charge in [-0.25, -0.2) is 4.39 Å². The Kier molecular flexibility index (Phi) is 6.58. The molecule has 17 heavy (non-hydrogen) atoms. The SMILES string of the molecule is CCN(CCNCCOC)c1ccccc1F. The second kappa shape index (κ2) is 8.03. The molecule has 0 unspecified atom stereocenters. The molecule has 0 heterocycles. The molecule has 0 fully saturated rings. The molecule has 0 aliphatic heterocycles. The fourth-order valence-electron chi connectivity index (χ4n) is 1.67. The quantitative estimate of drug-likeness (QED) is 0.702. The Morgan fingerprint density at radius 1 is 1.29 bits per heavy atom. The highest BCUT2D eigenvalue weighted by Crippen LogP contribution is 2.17. The van der Waals surface area contributed by atoms with Crippen molar-refractivity contribution >= 4 is 5.69 Å². The lowest BCUT2D eigenvalue weighted by molar-refractivity contribution is 0.200. The van der Waals surface area contributed by atoms with Crippen molar-refractivity contribution in [2.24, 2.45) is 0 Å². The van der Waals surface area contributed by atoms with Gasteiger partial charge >= 0.3 is 0 Å². The maximum Gasteiger partial charge on any atom is 0.146 e. The summed E-state index contributed by atoms with van der Waals surface area (Å²) in [6.07, 6.45) is 0. The van der Waals surface area contributed by atoms with E-state index in [2.05, 4.69) is 5.32 Å². The summed E-state index contributed by atoms with van der Waals surface area (Å²) < 4.78 is 18.5. The number of nitrogens with one attached hydrogen (secondary N) is 1. The summed E-state index contributed by atoms with van der Waals surface area (Å²) in [5.74, 6) is -0.161. The Morgan fingerprint density at radius 2 is 2.06 bits per heavy atom. The van der Waals surface area contributed by atoms with E-state index >= 15 is 0 Å². The van der Waals surface area contributed by atoms with Gasteiger partial charge in [0.2, 0.25) is 0 Å². The highest BCUT2D eigenvalue weighted by Gasteiger charge is 2.07. The second-order valence-electron chi connectivity index (χ2n) is 3.77. The average Bonchev–Trinajstić information content (AvgIpc) is 2.35. The van der Waals surface area contributed by atoms with Crippen LogP contribution < -0.4 is 10.2 Å². The molecule has 0 aliphatic carbocycles. The molecule has 1 aromatic carbocycles. The molecule has 0 amide bonds. The third-order valence-corrected chi connectivity index (χ3v) is 2.62. The molecule has 0 aliphatic rings. The van der Waals surface area contributed by atoms with Gasteiger partial charge in [0.05, 0.1) is 12.3 Å². The van der Waals surface area contributed by atoms with E-state index in [1.807, 2.05) is 24.0 Å². The molecule has 0 aromatic heterocycles. The molecule has 0 atom stereocenters. The lowest BCUT2D eigenvalue weighted by atomic mass is 10.2. The predicted molar refractivity (Wildman–Crippen MR) is 69.0 cm³/mol. The van der Waals surface area contributed by atoms with Gasteiger partial charge in [-0.1, -0.05) is 12.1 Å². The van der Waals surface area contributed by atoms with Gasteiger partial charge in [0.15, 0.2) is 0 Å². The van der Waals surface area contributed by atoms with Crippen molar-refractivity contribution in [1.29, 1.82) is 0 Å². The van der Waals surface area contributed by atoms with Gasteiger partial charge < -0.3 is 15.0 Å². The Hall–Kier alpha value is -1.13. The van der Waals surface area contributed by atoms with Crippen molar-refractivity contribution in [2.45, 2.75) is 6.92 Å². The number of likely N-dealkylation sites (N-methyl/N-ethyl adjacent to an activating group) is 1. The fourth-order valence-corrected chi connectivity index (χ4v) is 1.67. The van der Waals surface area contributed by atoms with Crippen LogP contribution in [0.15, 0.2) is 24.3 Å². The predicted octanol–water partition coefficient (Wildman–Crippen LogP) is 1.89. The van der Waals surface area contributed by atoms with Gasteiger partial charge in [0.1, 0.15) is 5.82 Å². The second-order valence-corrected chi connectivity index (χ2v) is 3.77. The summed E-state index contributed by atoms with van der Waals surface area (Å²) >= 11 is 0. The van der Waals surface area contributed by atoms with E-state index in [0.29, 0.717) is 12.3 Å². The summed E-state index contributed by atoms with van der Waals surface area (Å²) in [7, 11) is 1.68. The van der Waals surface area contributed by atoms with Crippen LogP contribution in [0, 0.1) is 5.82 Å². The molecular formula is C13H21FN2O. The molecule has 4 heteroatoms. The fraction of sp³-hybridized carbons (Fsp3) is 0.538. The molecular weight excluding hydrogens is 219 g/mol. The number of nitrogens with zero attached hydrogens (tertiary/aromatic N) is 1. The topological polar surface area (TPSA) is 24.5 Å². The van der Waals surface area contributed by atoms with E-state index in [4.69, 9.17) is 4.74 Å². The Labute approximate surface area is 103 Å². The van der Waals surface area contributed by atoms with Gasteiger partial charge in [0.25, 0.3) is 0 Å². The van der Waals surface area contributed by atoms with Crippen LogP contribution in [0.2, 0.25) is 0 Å². The van der Waals surface area contributed by atoms with Crippen LogP contribution in [0.1, 0.15) is 6.92 Å². The molecule has 0 radical (unpaired) electrons. The maximum atomic E-state index is 13.6. The number of rotatable bonds is 8. The van der Waals surface area contributed by atoms with E-state index in [1.54, 1.807) is 13.2 Å². The summed E-state index contributed by atoms with van der Waals surface area (Å²) in [5, 5.41) is 3.25. The van der Waals surface area contributed by atoms with E-state index in [1.165, 1.54) is 6.07 Å². The standard InChI is InChI=1S/C13H21FN2O/c1-3-16(10-8-15-9-11-17-2)13-7-5-4-6-12(13)14/h4-7,15H,3,8-11H2,1-2H3. The first kappa shape index (κ1) is 13.9. The third kappa shape index (κ3) is 4.71. The number of benzene rings is 1. The zero-order chi connectivity index (χ0) is 12.5. The van der Waals surface area contributed by atoms with Crippen LogP contribution in [0.4, 0.5) is 10.1 Å². The third-order valence-electron chi connectivity index (χ3n) is 2.62. The minimum absolute atomic E-state index is 0.161. The van der Waals surface area contributed by atoms with E-state index < -0.39 is 0 Å². The number of ether oxygens (including phenoxy) is 1.